The number of halogens is 2. The molecule has 1 aromatic rings. The van der Waals surface area contributed by atoms with E-state index in [9.17, 15) is 4.79 Å². The van der Waals surface area contributed by atoms with Crippen LogP contribution in [0.2, 0.25) is 0 Å². The van der Waals surface area contributed by atoms with Crippen molar-refractivity contribution in [3.8, 4) is 0 Å². The molecular formula is C19H28BrClN2O2. The zero-order valence-corrected chi connectivity index (χ0v) is 17.2. The van der Waals surface area contributed by atoms with Crippen LogP contribution in [0.25, 0.3) is 0 Å². The Hall–Kier alpha value is -0.620. The molecule has 1 aliphatic heterocycles. The molecule has 1 heterocycles. The SMILES string of the molecule is CC(N)(C(=O)N1CCC(OC2CCCC2)CC1)c1ccc(Br)cc1.Cl. The number of rotatable bonds is 4. The fraction of sp³-hybridized carbons (Fsp3) is 0.632. The molecule has 6 heteroatoms. The molecule has 0 spiro atoms. The van der Waals surface area contributed by atoms with Gasteiger partial charge in [0.1, 0.15) is 5.54 Å². The molecule has 25 heavy (non-hydrogen) atoms. The minimum absolute atomic E-state index is 0. The molecule has 1 amide bonds. The Morgan fingerprint density at radius 3 is 2.20 bits per heavy atom. The minimum Gasteiger partial charge on any atom is -0.375 e. The summed E-state index contributed by atoms with van der Waals surface area (Å²) in [6, 6.07) is 7.68. The molecule has 2 aliphatic rings. The molecule has 1 saturated heterocycles. The number of likely N-dealkylation sites (tertiary alicyclic amines) is 1. The third kappa shape index (κ3) is 4.97. The summed E-state index contributed by atoms with van der Waals surface area (Å²) in [5, 5.41) is 0. The van der Waals surface area contributed by atoms with Crippen LogP contribution in [0.3, 0.4) is 0 Å². The number of ether oxygens (including phenoxy) is 1. The average molecular weight is 432 g/mol. The van der Waals surface area contributed by atoms with Gasteiger partial charge in [-0.05, 0) is 50.3 Å². The molecule has 1 aromatic carbocycles. The first-order valence-electron chi connectivity index (χ1n) is 8.96. The van der Waals surface area contributed by atoms with Crippen molar-refractivity contribution < 1.29 is 9.53 Å². The van der Waals surface area contributed by atoms with E-state index in [0.717, 1.165) is 36.0 Å². The monoisotopic (exact) mass is 430 g/mol. The van der Waals surface area contributed by atoms with Gasteiger partial charge in [-0.25, -0.2) is 0 Å². The number of carbonyl (C=O) groups is 1. The third-order valence-electron chi connectivity index (χ3n) is 5.30. The quantitative estimate of drug-likeness (QED) is 0.784. The molecule has 0 bridgehead atoms. The second-order valence-electron chi connectivity index (χ2n) is 7.24. The van der Waals surface area contributed by atoms with Crippen LogP contribution in [0.15, 0.2) is 28.7 Å². The Balaban J connectivity index is 0.00000225. The van der Waals surface area contributed by atoms with Crippen LogP contribution in [0.5, 0.6) is 0 Å². The first-order valence-corrected chi connectivity index (χ1v) is 9.76. The molecule has 140 valence electrons. The lowest BCUT2D eigenvalue weighted by molar-refractivity contribution is -0.140. The fourth-order valence-corrected chi connectivity index (χ4v) is 4.00. The molecule has 0 radical (unpaired) electrons. The Morgan fingerprint density at radius 2 is 1.64 bits per heavy atom. The number of hydrogen-bond acceptors (Lipinski definition) is 3. The van der Waals surface area contributed by atoms with Crippen LogP contribution >= 0.6 is 28.3 Å². The van der Waals surface area contributed by atoms with E-state index >= 15 is 0 Å². The number of carbonyl (C=O) groups excluding carboxylic acids is 1. The predicted molar refractivity (Wildman–Crippen MR) is 106 cm³/mol. The molecule has 3 rings (SSSR count). The van der Waals surface area contributed by atoms with Gasteiger partial charge in [-0.3, -0.25) is 4.79 Å². The topological polar surface area (TPSA) is 55.6 Å². The summed E-state index contributed by atoms with van der Waals surface area (Å²) >= 11 is 3.42. The Labute approximate surface area is 165 Å². The van der Waals surface area contributed by atoms with Gasteiger partial charge in [0.2, 0.25) is 5.91 Å². The van der Waals surface area contributed by atoms with E-state index in [0.29, 0.717) is 12.2 Å². The van der Waals surface area contributed by atoms with Crippen molar-refractivity contribution in [3.05, 3.63) is 34.3 Å². The van der Waals surface area contributed by atoms with Gasteiger partial charge in [0.15, 0.2) is 0 Å². The van der Waals surface area contributed by atoms with Crippen LogP contribution in [-0.2, 0) is 15.1 Å². The molecule has 4 nitrogen and oxygen atoms in total. The minimum atomic E-state index is -0.986. The highest BCUT2D eigenvalue weighted by Gasteiger charge is 2.36. The zero-order valence-electron chi connectivity index (χ0n) is 14.7. The van der Waals surface area contributed by atoms with E-state index in [1.165, 1.54) is 25.7 Å². The molecule has 1 atom stereocenters. The van der Waals surface area contributed by atoms with Gasteiger partial charge in [0.05, 0.1) is 12.2 Å². The van der Waals surface area contributed by atoms with Gasteiger partial charge in [0, 0.05) is 17.6 Å². The normalized spacial score (nSPS) is 21.6. The maximum absolute atomic E-state index is 12.9. The van der Waals surface area contributed by atoms with Crippen molar-refractivity contribution in [1.29, 1.82) is 0 Å². The summed E-state index contributed by atoms with van der Waals surface area (Å²) < 4.78 is 7.17. The summed E-state index contributed by atoms with van der Waals surface area (Å²) in [6.07, 6.45) is 7.56. The van der Waals surface area contributed by atoms with Crippen LogP contribution in [0.4, 0.5) is 0 Å². The fourth-order valence-electron chi connectivity index (χ4n) is 3.74. The predicted octanol–water partition coefficient (Wildman–Crippen LogP) is 4.00. The van der Waals surface area contributed by atoms with Gasteiger partial charge < -0.3 is 15.4 Å². The smallest absolute Gasteiger partial charge is 0.246 e. The van der Waals surface area contributed by atoms with Gasteiger partial charge >= 0.3 is 0 Å². The van der Waals surface area contributed by atoms with E-state index in [2.05, 4.69) is 15.9 Å². The van der Waals surface area contributed by atoms with E-state index in [-0.39, 0.29) is 18.3 Å². The number of piperidine rings is 1. The van der Waals surface area contributed by atoms with Crippen molar-refractivity contribution in [2.75, 3.05) is 13.1 Å². The van der Waals surface area contributed by atoms with Crippen LogP contribution in [0.1, 0.15) is 51.0 Å². The molecular weight excluding hydrogens is 404 g/mol. The van der Waals surface area contributed by atoms with Gasteiger partial charge in [0.25, 0.3) is 0 Å². The highest BCUT2D eigenvalue weighted by molar-refractivity contribution is 9.10. The molecule has 1 unspecified atom stereocenters. The third-order valence-corrected chi connectivity index (χ3v) is 5.83. The lowest BCUT2D eigenvalue weighted by Crippen LogP contribution is -2.53. The van der Waals surface area contributed by atoms with Crippen molar-refractivity contribution in [1.82, 2.24) is 4.90 Å². The van der Waals surface area contributed by atoms with Gasteiger partial charge in [-0.15, -0.1) is 12.4 Å². The first kappa shape index (κ1) is 20.7. The number of hydrogen-bond donors (Lipinski definition) is 1. The maximum atomic E-state index is 12.9. The second kappa shape index (κ2) is 8.85. The van der Waals surface area contributed by atoms with Gasteiger partial charge in [-0.2, -0.15) is 0 Å². The maximum Gasteiger partial charge on any atom is 0.246 e. The standard InChI is InChI=1S/C19H27BrN2O2.ClH/c1-19(21,14-6-8-15(20)9-7-14)18(23)22-12-10-17(11-13-22)24-16-4-2-3-5-16;/h6-9,16-17H,2-5,10-13,21H2,1H3;1H. The summed E-state index contributed by atoms with van der Waals surface area (Å²) in [5.41, 5.74) is 6.25. The van der Waals surface area contributed by atoms with E-state index < -0.39 is 5.54 Å². The Kier molecular flexibility index (Phi) is 7.32. The van der Waals surface area contributed by atoms with Gasteiger partial charge in [-0.1, -0.05) is 40.9 Å². The highest BCUT2D eigenvalue weighted by atomic mass is 79.9. The van der Waals surface area contributed by atoms with Crippen molar-refractivity contribution in [3.63, 3.8) is 0 Å². The van der Waals surface area contributed by atoms with Crippen LogP contribution in [-0.4, -0.2) is 36.1 Å². The summed E-state index contributed by atoms with van der Waals surface area (Å²) in [5.74, 6) is 0.00383. The summed E-state index contributed by atoms with van der Waals surface area (Å²) in [4.78, 5) is 14.8. The number of nitrogens with zero attached hydrogens (tertiary/aromatic N) is 1. The van der Waals surface area contributed by atoms with Crippen molar-refractivity contribution in [2.45, 2.75) is 63.2 Å². The number of nitrogens with two attached hydrogens (primary N) is 1. The van der Waals surface area contributed by atoms with Crippen LogP contribution in [0, 0.1) is 0 Å². The van der Waals surface area contributed by atoms with Crippen molar-refractivity contribution >= 4 is 34.2 Å². The average Bonchev–Trinajstić information content (AvgIpc) is 3.08. The number of amides is 1. The van der Waals surface area contributed by atoms with E-state index in [1.807, 2.05) is 29.2 Å². The second-order valence-corrected chi connectivity index (χ2v) is 8.16. The Morgan fingerprint density at radius 1 is 1.12 bits per heavy atom. The molecule has 2 N–H and O–H groups in total. The lowest BCUT2D eigenvalue weighted by atomic mass is 9.90. The lowest BCUT2D eigenvalue weighted by Gasteiger charge is -2.37. The molecule has 1 saturated carbocycles. The first-order chi connectivity index (χ1) is 11.5. The van der Waals surface area contributed by atoms with E-state index in [4.69, 9.17) is 10.5 Å². The van der Waals surface area contributed by atoms with E-state index in [1.54, 1.807) is 6.92 Å². The highest BCUT2D eigenvalue weighted by Crippen LogP contribution is 2.28. The largest absolute Gasteiger partial charge is 0.375 e. The van der Waals surface area contributed by atoms with Crippen molar-refractivity contribution in [2.24, 2.45) is 5.73 Å². The molecule has 0 aromatic heterocycles. The summed E-state index contributed by atoms with van der Waals surface area (Å²) in [6.45, 7) is 3.28. The zero-order chi connectivity index (χ0) is 17.2. The molecule has 2 fully saturated rings. The molecule has 1 aliphatic carbocycles. The summed E-state index contributed by atoms with van der Waals surface area (Å²) in [7, 11) is 0. The Bertz CT molecular complexity index is 565. The van der Waals surface area contributed by atoms with Crippen LogP contribution < -0.4 is 5.73 Å². The number of benzene rings is 1.